The van der Waals surface area contributed by atoms with Gasteiger partial charge in [-0.05, 0) is 67.9 Å². The maximum absolute atomic E-state index is 12.8. The molecular formula is C26H20N4O2S. The normalized spacial score (nSPS) is 11.0. The van der Waals surface area contributed by atoms with Crippen molar-refractivity contribution in [3.05, 3.63) is 106 Å². The van der Waals surface area contributed by atoms with E-state index in [0.717, 1.165) is 32.0 Å². The number of nitrogens with zero attached hydrogens (tertiary/aromatic N) is 3. The number of aryl methyl sites for hydroxylation is 2. The number of aromatic nitrogens is 3. The molecule has 0 aliphatic heterocycles. The number of fused-ring (bicyclic) bond motifs is 1. The molecule has 1 N–H and O–H groups in total. The molecular weight excluding hydrogens is 432 g/mol. The lowest BCUT2D eigenvalue weighted by Crippen LogP contribution is -2.25. The van der Waals surface area contributed by atoms with Crippen molar-refractivity contribution in [1.29, 1.82) is 0 Å². The van der Waals surface area contributed by atoms with Crippen LogP contribution in [0.1, 0.15) is 21.6 Å². The summed E-state index contributed by atoms with van der Waals surface area (Å²) in [6.45, 7) is 4.05. The Hall–Kier alpha value is -4.10. The molecule has 0 fully saturated rings. The lowest BCUT2D eigenvalue weighted by atomic mass is 10.2. The number of rotatable bonds is 4. The van der Waals surface area contributed by atoms with Crippen LogP contribution in [0.15, 0.2) is 83.8 Å². The molecule has 5 rings (SSSR count). The standard InChI is InChI=1S/C26H20N4O2S/c1-16-3-10-20(11-4-16)30-14-13-22(31)24(29-30)25(32)27-19-8-6-18(7-9-19)26-28-21-12-5-17(2)15-23(21)33-26/h3-15H,1-2H3,(H,27,32). The zero-order valence-corrected chi connectivity index (χ0v) is 18.9. The number of carbonyl (C=O) groups is 1. The Bertz CT molecular complexity index is 1530. The zero-order chi connectivity index (χ0) is 22.9. The van der Waals surface area contributed by atoms with Gasteiger partial charge in [0.25, 0.3) is 5.91 Å². The molecule has 2 heterocycles. The Kier molecular flexibility index (Phi) is 5.32. The summed E-state index contributed by atoms with van der Waals surface area (Å²) < 4.78 is 2.66. The predicted molar refractivity (Wildman–Crippen MR) is 132 cm³/mol. The van der Waals surface area contributed by atoms with E-state index in [2.05, 4.69) is 29.5 Å². The average Bonchev–Trinajstić information content (AvgIpc) is 3.23. The number of carbonyl (C=O) groups excluding carboxylic acids is 1. The molecule has 2 aromatic heterocycles. The van der Waals surface area contributed by atoms with Crippen molar-refractivity contribution >= 4 is 33.1 Å². The number of benzene rings is 3. The molecule has 0 saturated carbocycles. The van der Waals surface area contributed by atoms with E-state index in [9.17, 15) is 9.59 Å². The minimum atomic E-state index is -0.551. The van der Waals surface area contributed by atoms with Crippen molar-refractivity contribution in [3.8, 4) is 16.3 Å². The Morgan fingerprint density at radius 3 is 2.39 bits per heavy atom. The van der Waals surface area contributed by atoms with Crippen molar-refractivity contribution in [2.45, 2.75) is 13.8 Å². The molecule has 0 radical (unpaired) electrons. The molecule has 162 valence electrons. The van der Waals surface area contributed by atoms with Crippen LogP contribution in [0.4, 0.5) is 5.69 Å². The van der Waals surface area contributed by atoms with Crippen LogP contribution in [0.3, 0.4) is 0 Å². The first-order chi connectivity index (χ1) is 16.0. The molecule has 0 atom stereocenters. The highest BCUT2D eigenvalue weighted by Crippen LogP contribution is 2.31. The minimum Gasteiger partial charge on any atom is -0.320 e. The van der Waals surface area contributed by atoms with Crippen molar-refractivity contribution in [3.63, 3.8) is 0 Å². The molecule has 3 aromatic carbocycles. The molecule has 6 nitrogen and oxygen atoms in total. The number of thiazole rings is 1. The Morgan fingerprint density at radius 1 is 0.909 bits per heavy atom. The quantitative estimate of drug-likeness (QED) is 0.397. The van der Waals surface area contributed by atoms with Crippen LogP contribution in [0, 0.1) is 13.8 Å². The van der Waals surface area contributed by atoms with Crippen LogP contribution in [-0.2, 0) is 0 Å². The highest BCUT2D eigenvalue weighted by molar-refractivity contribution is 7.21. The molecule has 0 aliphatic rings. The molecule has 0 unspecified atom stereocenters. The minimum absolute atomic E-state index is 0.163. The van der Waals surface area contributed by atoms with Gasteiger partial charge in [-0.25, -0.2) is 9.67 Å². The van der Waals surface area contributed by atoms with Gasteiger partial charge in [0, 0.05) is 23.5 Å². The van der Waals surface area contributed by atoms with Gasteiger partial charge >= 0.3 is 0 Å². The van der Waals surface area contributed by atoms with E-state index >= 15 is 0 Å². The number of hydrogen-bond acceptors (Lipinski definition) is 5. The van der Waals surface area contributed by atoms with Crippen molar-refractivity contribution in [2.75, 3.05) is 5.32 Å². The number of amides is 1. The Morgan fingerprint density at radius 2 is 1.64 bits per heavy atom. The third kappa shape index (κ3) is 4.31. The van der Waals surface area contributed by atoms with Gasteiger partial charge in [0.05, 0.1) is 15.9 Å². The Balaban J connectivity index is 1.37. The van der Waals surface area contributed by atoms with Gasteiger partial charge in [0.15, 0.2) is 5.69 Å². The summed E-state index contributed by atoms with van der Waals surface area (Å²) in [5.74, 6) is -0.551. The van der Waals surface area contributed by atoms with Crippen LogP contribution < -0.4 is 10.7 Å². The van der Waals surface area contributed by atoms with E-state index in [1.165, 1.54) is 16.3 Å². The van der Waals surface area contributed by atoms with E-state index in [4.69, 9.17) is 4.98 Å². The van der Waals surface area contributed by atoms with Gasteiger partial charge in [-0.1, -0.05) is 23.8 Å². The van der Waals surface area contributed by atoms with E-state index in [1.54, 1.807) is 29.7 Å². The molecule has 0 aliphatic carbocycles. The molecule has 0 spiro atoms. The van der Waals surface area contributed by atoms with Crippen LogP contribution >= 0.6 is 11.3 Å². The van der Waals surface area contributed by atoms with E-state index < -0.39 is 11.3 Å². The Labute approximate surface area is 194 Å². The fourth-order valence-electron chi connectivity index (χ4n) is 3.45. The van der Waals surface area contributed by atoms with Crippen LogP contribution in [0.2, 0.25) is 0 Å². The van der Waals surface area contributed by atoms with Crippen LogP contribution in [-0.4, -0.2) is 20.7 Å². The van der Waals surface area contributed by atoms with Gasteiger partial charge in [0.2, 0.25) is 5.43 Å². The highest BCUT2D eigenvalue weighted by atomic mass is 32.1. The van der Waals surface area contributed by atoms with Gasteiger partial charge < -0.3 is 5.32 Å². The second kappa shape index (κ2) is 8.44. The van der Waals surface area contributed by atoms with Crippen molar-refractivity contribution in [2.24, 2.45) is 0 Å². The topological polar surface area (TPSA) is 76.9 Å². The largest absolute Gasteiger partial charge is 0.320 e. The lowest BCUT2D eigenvalue weighted by molar-refractivity contribution is 0.101. The molecule has 7 heteroatoms. The molecule has 1 amide bonds. The first-order valence-corrected chi connectivity index (χ1v) is 11.2. The number of hydrogen-bond donors (Lipinski definition) is 1. The summed E-state index contributed by atoms with van der Waals surface area (Å²) in [5.41, 5.74) is 5.00. The van der Waals surface area contributed by atoms with E-state index in [1.807, 2.05) is 49.4 Å². The molecule has 33 heavy (non-hydrogen) atoms. The molecule has 5 aromatic rings. The van der Waals surface area contributed by atoms with Crippen LogP contribution in [0.5, 0.6) is 0 Å². The fourth-order valence-corrected chi connectivity index (χ4v) is 4.52. The summed E-state index contributed by atoms with van der Waals surface area (Å²) >= 11 is 1.63. The summed E-state index contributed by atoms with van der Waals surface area (Å²) in [6, 6.07) is 22.6. The second-order valence-electron chi connectivity index (χ2n) is 7.83. The fraction of sp³-hybridized carbons (Fsp3) is 0.0769. The summed E-state index contributed by atoms with van der Waals surface area (Å²) in [7, 11) is 0. The summed E-state index contributed by atoms with van der Waals surface area (Å²) in [5, 5.41) is 7.93. The lowest BCUT2D eigenvalue weighted by Gasteiger charge is -2.09. The molecule has 0 bridgehead atoms. The number of nitrogens with one attached hydrogen (secondary N) is 1. The van der Waals surface area contributed by atoms with Gasteiger partial charge in [-0.2, -0.15) is 5.10 Å². The van der Waals surface area contributed by atoms with E-state index in [0.29, 0.717) is 5.69 Å². The van der Waals surface area contributed by atoms with E-state index in [-0.39, 0.29) is 5.69 Å². The maximum Gasteiger partial charge on any atom is 0.280 e. The monoisotopic (exact) mass is 452 g/mol. The average molecular weight is 453 g/mol. The number of anilines is 1. The summed E-state index contributed by atoms with van der Waals surface area (Å²) in [4.78, 5) is 29.8. The van der Waals surface area contributed by atoms with Gasteiger partial charge in [0.1, 0.15) is 5.01 Å². The first kappa shape index (κ1) is 20.8. The zero-order valence-electron chi connectivity index (χ0n) is 18.1. The first-order valence-electron chi connectivity index (χ1n) is 10.4. The smallest absolute Gasteiger partial charge is 0.280 e. The molecule has 0 saturated heterocycles. The highest BCUT2D eigenvalue weighted by Gasteiger charge is 2.14. The van der Waals surface area contributed by atoms with Crippen molar-refractivity contribution < 1.29 is 4.79 Å². The maximum atomic E-state index is 12.8. The summed E-state index contributed by atoms with van der Waals surface area (Å²) in [6.07, 6.45) is 1.55. The second-order valence-corrected chi connectivity index (χ2v) is 8.86. The predicted octanol–water partition coefficient (Wildman–Crippen LogP) is 5.38. The third-order valence-electron chi connectivity index (χ3n) is 5.26. The van der Waals surface area contributed by atoms with Crippen molar-refractivity contribution in [1.82, 2.24) is 14.8 Å². The third-order valence-corrected chi connectivity index (χ3v) is 6.32. The van der Waals surface area contributed by atoms with Gasteiger partial charge in [-0.3, -0.25) is 9.59 Å². The van der Waals surface area contributed by atoms with Gasteiger partial charge in [-0.15, -0.1) is 11.3 Å². The van der Waals surface area contributed by atoms with Crippen LogP contribution in [0.25, 0.3) is 26.5 Å². The SMILES string of the molecule is Cc1ccc(-n2ccc(=O)c(C(=O)Nc3ccc(-c4nc5ccc(C)cc5s4)cc3)n2)cc1.